The first kappa shape index (κ1) is 12.4. The Kier molecular flexibility index (Phi) is 2.92. The molecule has 2 aliphatic rings. The Balaban J connectivity index is 2.31. The minimum atomic E-state index is -0.386. The first-order valence-corrected chi connectivity index (χ1v) is 6.53. The lowest BCUT2D eigenvalue weighted by molar-refractivity contribution is -0.156. The maximum atomic E-state index is 12.3. The van der Waals surface area contributed by atoms with Gasteiger partial charge in [-0.3, -0.25) is 9.59 Å². The zero-order chi connectivity index (χ0) is 12.8. The third-order valence-corrected chi connectivity index (χ3v) is 4.16. The molecule has 1 heterocycles. The van der Waals surface area contributed by atoms with Crippen LogP contribution >= 0.6 is 0 Å². The molecule has 0 aromatic heterocycles. The summed E-state index contributed by atoms with van der Waals surface area (Å²) in [6, 6.07) is -0.683. The summed E-state index contributed by atoms with van der Waals surface area (Å²) in [7, 11) is 0. The Morgan fingerprint density at radius 2 is 1.94 bits per heavy atom. The van der Waals surface area contributed by atoms with Crippen molar-refractivity contribution in [2.24, 2.45) is 5.92 Å². The number of nitrogens with zero attached hydrogens (tertiary/aromatic N) is 1. The lowest BCUT2D eigenvalue weighted by Gasteiger charge is -2.47. The zero-order valence-corrected chi connectivity index (χ0v) is 11.1. The van der Waals surface area contributed by atoms with Crippen molar-refractivity contribution >= 4 is 11.8 Å². The summed E-state index contributed by atoms with van der Waals surface area (Å²) < 4.78 is 0. The number of rotatable bonds is 3. The Morgan fingerprint density at radius 3 is 2.41 bits per heavy atom. The van der Waals surface area contributed by atoms with Gasteiger partial charge in [0, 0.05) is 5.54 Å². The Labute approximate surface area is 103 Å². The predicted molar refractivity (Wildman–Crippen MR) is 65.3 cm³/mol. The van der Waals surface area contributed by atoms with Gasteiger partial charge in [-0.25, -0.2) is 0 Å². The van der Waals surface area contributed by atoms with Crippen LogP contribution in [0.25, 0.3) is 0 Å². The predicted octanol–water partition coefficient (Wildman–Crippen LogP) is 1.30. The van der Waals surface area contributed by atoms with Crippen molar-refractivity contribution in [3.8, 4) is 0 Å². The van der Waals surface area contributed by atoms with E-state index in [2.05, 4.69) is 19.2 Å². The second kappa shape index (κ2) is 4.00. The minimum Gasteiger partial charge on any atom is -0.343 e. The lowest BCUT2D eigenvalue weighted by atomic mass is 9.90. The summed E-state index contributed by atoms with van der Waals surface area (Å²) in [5.74, 6) is 0.611. The lowest BCUT2D eigenvalue weighted by Crippen LogP contribution is -2.68. The number of piperazine rings is 1. The van der Waals surface area contributed by atoms with E-state index >= 15 is 0 Å². The fourth-order valence-corrected chi connectivity index (χ4v) is 2.89. The van der Waals surface area contributed by atoms with E-state index in [-0.39, 0.29) is 29.4 Å². The molecule has 0 aromatic rings. The molecule has 1 saturated carbocycles. The number of amides is 2. The van der Waals surface area contributed by atoms with Gasteiger partial charge in [0.25, 0.3) is 0 Å². The molecule has 17 heavy (non-hydrogen) atoms. The Hall–Kier alpha value is -1.06. The van der Waals surface area contributed by atoms with Crippen LogP contribution in [-0.2, 0) is 9.59 Å². The van der Waals surface area contributed by atoms with Gasteiger partial charge in [-0.15, -0.1) is 0 Å². The van der Waals surface area contributed by atoms with Gasteiger partial charge < -0.3 is 10.2 Å². The van der Waals surface area contributed by atoms with Crippen molar-refractivity contribution in [1.29, 1.82) is 0 Å². The summed E-state index contributed by atoms with van der Waals surface area (Å²) in [6.07, 6.45) is 3.02. The highest BCUT2D eigenvalue weighted by Gasteiger charge is 2.50. The third-order valence-electron chi connectivity index (χ3n) is 4.16. The molecule has 0 radical (unpaired) electrons. The van der Waals surface area contributed by atoms with E-state index in [9.17, 15) is 9.59 Å². The molecule has 1 saturated heterocycles. The van der Waals surface area contributed by atoms with E-state index < -0.39 is 0 Å². The number of nitrogens with one attached hydrogen (secondary N) is 1. The highest BCUT2D eigenvalue weighted by molar-refractivity contribution is 5.97. The van der Waals surface area contributed by atoms with Gasteiger partial charge in [-0.1, -0.05) is 6.92 Å². The van der Waals surface area contributed by atoms with Crippen LogP contribution in [-0.4, -0.2) is 34.3 Å². The van der Waals surface area contributed by atoms with Gasteiger partial charge in [0.05, 0.1) is 0 Å². The quantitative estimate of drug-likeness (QED) is 0.805. The van der Waals surface area contributed by atoms with Crippen molar-refractivity contribution in [2.75, 3.05) is 0 Å². The average molecular weight is 238 g/mol. The van der Waals surface area contributed by atoms with Crippen molar-refractivity contribution in [1.82, 2.24) is 10.2 Å². The number of hydrogen-bond acceptors (Lipinski definition) is 2. The van der Waals surface area contributed by atoms with Crippen molar-refractivity contribution in [2.45, 2.75) is 64.6 Å². The van der Waals surface area contributed by atoms with Crippen LogP contribution in [0.1, 0.15) is 47.0 Å². The molecule has 2 fully saturated rings. The molecule has 0 spiro atoms. The Morgan fingerprint density at radius 1 is 1.35 bits per heavy atom. The van der Waals surface area contributed by atoms with Gasteiger partial charge in [-0.2, -0.15) is 0 Å². The topological polar surface area (TPSA) is 49.4 Å². The molecule has 1 aliphatic carbocycles. The standard InChI is InChI=1S/C13H22N2O2/c1-5-10-11(16)14-8(2)12(17)15(10)13(3,4)9-6-7-9/h8-10H,5-7H2,1-4H3,(H,14,16). The molecule has 4 heteroatoms. The smallest absolute Gasteiger partial charge is 0.245 e. The van der Waals surface area contributed by atoms with Crippen molar-refractivity contribution < 1.29 is 9.59 Å². The average Bonchev–Trinajstić information content (AvgIpc) is 3.06. The second-order valence-corrected chi connectivity index (χ2v) is 5.79. The van der Waals surface area contributed by atoms with Gasteiger partial charge in [0.1, 0.15) is 12.1 Å². The SMILES string of the molecule is CCC1C(=O)NC(C)C(=O)N1C(C)(C)C1CC1. The molecule has 1 aliphatic heterocycles. The van der Waals surface area contributed by atoms with Crippen LogP contribution in [0.5, 0.6) is 0 Å². The van der Waals surface area contributed by atoms with Crippen LogP contribution in [0.2, 0.25) is 0 Å². The number of carbonyl (C=O) groups excluding carboxylic acids is 2. The molecule has 2 unspecified atom stereocenters. The molecule has 0 bridgehead atoms. The summed E-state index contributed by atoms with van der Waals surface area (Å²) in [4.78, 5) is 26.1. The van der Waals surface area contributed by atoms with E-state index in [1.807, 2.05) is 11.8 Å². The maximum Gasteiger partial charge on any atom is 0.245 e. The van der Waals surface area contributed by atoms with E-state index in [1.165, 1.54) is 12.8 Å². The normalized spacial score (nSPS) is 30.5. The molecule has 96 valence electrons. The fraction of sp³-hybridized carbons (Fsp3) is 0.846. The van der Waals surface area contributed by atoms with Crippen molar-refractivity contribution in [3.63, 3.8) is 0 Å². The molecule has 4 nitrogen and oxygen atoms in total. The second-order valence-electron chi connectivity index (χ2n) is 5.79. The van der Waals surface area contributed by atoms with Crippen LogP contribution < -0.4 is 5.32 Å². The molecule has 2 amide bonds. The van der Waals surface area contributed by atoms with Gasteiger partial charge >= 0.3 is 0 Å². The highest BCUT2D eigenvalue weighted by atomic mass is 16.2. The van der Waals surface area contributed by atoms with E-state index in [4.69, 9.17) is 0 Å². The van der Waals surface area contributed by atoms with Gasteiger partial charge in [-0.05, 0) is 46.0 Å². The van der Waals surface area contributed by atoms with Gasteiger partial charge in [0.2, 0.25) is 11.8 Å². The van der Waals surface area contributed by atoms with Crippen LogP contribution in [0.3, 0.4) is 0 Å². The molecule has 2 rings (SSSR count). The van der Waals surface area contributed by atoms with Crippen LogP contribution in [0.15, 0.2) is 0 Å². The summed E-state index contributed by atoms with van der Waals surface area (Å²) in [5.41, 5.74) is -0.191. The number of hydrogen-bond donors (Lipinski definition) is 1. The monoisotopic (exact) mass is 238 g/mol. The van der Waals surface area contributed by atoms with Gasteiger partial charge in [0.15, 0.2) is 0 Å². The van der Waals surface area contributed by atoms with E-state index in [0.29, 0.717) is 12.3 Å². The largest absolute Gasteiger partial charge is 0.343 e. The molecular formula is C13H22N2O2. The van der Waals surface area contributed by atoms with Crippen LogP contribution in [0.4, 0.5) is 0 Å². The summed E-state index contributed by atoms with van der Waals surface area (Å²) >= 11 is 0. The number of carbonyl (C=O) groups is 2. The first-order chi connectivity index (χ1) is 7.89. The molecule has 1 N–H and O–H groups in total. The molecule has 0 aromatic carbocycles. The summed E-state index contributed by atoms with van der Waals surface area (Å²) in [5, 5.41) is 2.76. The Bertz CT molecular complexity index is 347. The maximum absolute atomic E-state index is 12.3. The minimum absolute atomic E-state index is 0.00618. The third kappa shape index (κ3) is 1.94. The molecular weight excluding hydrogens is 216 g/mol. The highest BCUT2D eigenvalue weighted by Crippen LogP contribution is 2.44. The first-order valence-electron chi connectivity index (χ1n) is 6.53. The van der Waals surface area contributed by atoms with Crippen LogP contribution in [0, 0.1) is 5.92 Å². The van der Waals surface area contributed by atoms with Crippen molar-refractivity contribution in [3.05, 3.63) is 0 Å². The fourth-order valence-electron chi connectivity index (χ4n) is 2.89. The summed E-state index contributed by atoms with van der Waals surface area (Å²) in [6.45, 7) is 7.92. The van der Waals surface area contributed by atoms with E-state index in [1.54, 1.807) is 6.92 Å². The van der Waals surface area contributed by atoms with E-state index in [0.717, 1.165) is 0 Å². The molecule has 2 atom stereocenters. The zero-order valence-electron chi connectivity index (χ0n) is 11.1.